The fraction of sp³-hybridized carbons (Fsp3) is 0.346. The van der Waals surface area contributed by atoms with E-state index in [4.69, 9.17) is 4.74 Å². The Morgan fingerprint density at radius 1 is 1.17 bits per heavy atom. The molecule has 0 bridgehead atoms. The average molecular weight is 485 g/mol. The van der Waals surface area contributed by atoms with Gasteiger partial charge >= 0.3 is 0 Å². The molecule has 1 amide bonds. The van der Waals surface area contributed by atoms with Gasteiger partial charge in [-0.25, -0.2) is 23.1 Å². The van der Waals surface area contributed by atoms with Gasteiger partial charge in [-0.05, 0) is 57.5 Å². The molecule has 6 nitrogen and oxygen atoms in total. The van der Waals surface area contributed by atoms with E-state index < -0.39 is 23.3 Å². The Labute approximate surface area is 202 Å². The molecule has 0 radical (unpaired) electrons. The van der Waals surface area contributed by atoms with Crippen molar-refractivity contribution in [3.63, 3.8) is 0 Å². The molecular weight excluding hydrogens is 457 g/mol. The average Bonchev–Trinajstić information content (AvgIpc) is 3.16. The van der Waals surface area contributed by atoms with Crippen molar-refractivity contribution < 1.29 is 22.7 Å². The van der Waals surface area contributed by atoms with Crippen molar-refractivity contribution in [2.24, 2.45) is 0 Å². The highest BCUT2D eigenvalue weighted by Gasteiger charge is 2.30. The second-order valence-electron chi connectivity index (χ2n) is 8.98. The summed E-state index contributed by atoms with van der Waals surface area (Å²) >= 11 is 0. The fourth-order valence-corrected chi connectivity index (χ4v) is 4.13. The van der Waals surface area contributed by atoms with Crippen molar-refractivity contribution in [1.82, 2.24) is 14.9 Å². The summed E-state index contributed by atoms with van der Waals surface area (Å²) < 4.78 is 50.1. The molecule has 35 heavy (non-hydrogen) atoms. The van der Waals surface area contributed by atoms with Crippen LogP contribution in [0.25, 0.3) is 11.3 Å². The van der Waals surface area contributed by atoms with E-state index in [1.165, 1.54) is 39.3 Å². The van der Waals surface area contributed by atoms with Crippen LogP contribution < -0.4 is 10.1 Å². The van der Waals surface area contributed by atoms with Gasteiger partial charge < -0.3 is 15.0 Å². The second-order valence-corrected chi connectivity index (χ2v) is 8.98. The number of fused-ring (bicyclic) bond motifs is 1. The number of methoxy groups -OCH3 is 1. The summed E-state index contributed by atoms with van der Waals surface area (Å²) in [6.45, 7) is 7.25. The summed E-state index contributed by atoms with van der Waals surface area (Å²) in [5.41, 5.74) is -0.176. The number of rotatable bonds is 7. The molecule has 1 atom stereocenters. The Kier molecular flexibility index (Phi) is 6.44. The number of nitrogens with zero attached hydrogens (tertiary/aromatic N) is 3. The zero-order valence-electron chi connectivity index (χ0n) is 20.2. The van der Waals surface area contributed by atoms with Crippen LogP contribution in [-0.4, -0.2) is 34.4 Å². The summed E-state index contributed by atoms with van der Waals surface area (Å²) in [6.07, 6.45) is 1.52. The number of alkyl halides is 1. The van der Waals surface area contributed by atoms with Crippen LogP contribution in [0.15, 0.2) is 36.5 Å². The molecule has 0 spiro atoms. The minimum absolute atomic E-state index is 0.0642. The molecule has 9 heteroatoms. The number of hydrogen-bond acceptors (Lipinski definition) is 5. The molecule has 1 unspecified atom stereocenters. The van der Waals surface area contributed by atoms with Crippen molar-refractivity contribution >= 4 is 11.7 Å². The highest BCUT2D eigenvalue weighted by atomic mass is 19.1. The number of ether oxygens (including phenoxy) is 1. The summed E-state index contributed by atoms with van der Waals surface area (Å²) in [7, 11) is 1.37. The molecule has 3 aromatic rings. The van der Waals surface area contributed by atoms with Gasteiger partial charge in [0.1, 0.15) is 23.1 Å². The number of pyridine rings is 2. The lowest BCUT2D eigenvalue weighted by atomic mass is 9.97. The topological polar surface area (TPSA) is 67.3 Å². The van der Waals surface area contributed by atoms with E-state index in [1.54, 1.807) is 17.9 Å². The molecule has 0 fully saturated rings. The Morgan fingerprint density at radius 2 is 1.91 bits per heavy atom. The molecule has 1 aliphatic rings. The smallest absolute Gasteiger partial charge is 0.254 e. The molecule has 3 heterocycles. The normalized spacial score (nSPS) is 14.2. The second kappa shape index (κ2) is 9.20. The summed E-state index contributed by atoms with van der Waals surface area (Å²) in [5, 5.41) is 3.12. The molecular formula is C26H27F3N4O2. The maximum Gasteiger partial charge on any atom is 0.254 e. The standard InChI is InChI=1S/C26H27F3N4O2/c1-6-33-13-19-16(25(33)34)7-8-30-24(19)31-14(2)17-11-21(28)18(12-20(17)27)22-9-15(26(3,4)29)10-23(32-22)35-5/h7-12,14H,6,13H2,1-5H3,(H,30,31). The van der Waals surface area contributed by atoms with Gasteiger partial charge in [0.05, 0.1) is 25.4 Å². The zero-order valence-corrected chi connectivity index (χ0v) is 20.2. The predicted molar refractivity (Wildman–Crippen MR) is 127 cm³/mol. The number of carbonyl (C=O) groups excluding carboxylic acids is 1. The first-order valence-electron chi connectivity index (χ1n) is 11.3. The van der Waals surface area contributed by atoms with Crippen LogP contribution in [0.1, 0.15) is 60.8 Å². The van der Waals surface area contributed by atoms with Crippen LogP contribution in [0.3, 0.4) is 0 Å². The van der Waals surface area contributed by atoms with E-state index in [2.05, 4.69) is 15.3 Å². The molecule has 4 rings (SSSR count). The van der Waals surface area contributed by atoms with Crippen LogP contribution in [0.5, 0.6) is 5.88 Å². The van der Waals surface area contributed by atoms with Crippen LogP contribution >= 0.6 is 0 Å². The van der Waals surface area contributed by atoms with Gasteiger partial charge in [0.2, 0.25) is 5.88 Å². The van der Waals surface area contributed by atoms with Gasteiger partial charge in [-0.1, -0.05) is 0 Å². The zero-order chi connectivity index (χ0) is 25.5. The van der Waals surface area contributed by atoms with Gasteiger partial charge in [0.25, 0.3) is 5.91 Å². The number of halogens is 3. The number of hydrogen-bond donors (Lipinski definition) is 1. The Morgan fingerprint density at radius 3 is 2.57 bits per heavy atom. The lowest BCUT2D eigenvalue weighted by Gasteiger charge is -2.19. The van der Waals surface area contributed by atoms with E-state index in [0.29, 0.717) is 24.5 Å². The number of amides is 1. The number of benzene rings is 1. The van der Waals surface area contributed by atoms with Crippen LogP contribution in [0.2, 0.25) is 0 Å². The fourth-order valence-electron chi connectivity index (χ4n) is 4.13. The van der Waals surface area contributed by atoms with E-state index >= 15 is 8.78 Å². The minimum atomic E-state index is -1.73. The minimum Gasteiger partial charge on any atom is -0.481 e. The Hall–Kier alpha value is -3.62. The van der Waals surface area contributed by atoms with Gasteiger partial charge in [0, 0.05) is 41.1 Å². The van der Waals surface area contributed by atoms with Gasteiger partial charge in [-0.15, -0.1) is 0 Å². The molecule has 1 aromatic carbocycles. The highest BCUT2D eigenvalue weighted by molar-refractivity contribution is 5.99. The van der Waals surface area contributed by atoms with Gasteiger partial charge in [-0.3, -0.25) is 4.79 Å². The third-order valence-electron chi connectivity index (χ3n) is 6.18. The van der Waals surface area contributed by atoms with Gasteiger partial charge in [-0.2, -0.15) is 0 Å². The van der Waals surface area contributed by atoms with Crippen molar-refractivity contribution in [3.05, 3.63) is 70.4 Å². The molecule has 184 valence electrons. The SMILES string of the molecule is CCN1Cc2c(ccnc2NC(C)c2cc(F)c(-c3cc(C(C)(C)F)cc(OC)n3)cc2F)C1=O. The van der Waals surface area contributed by atoms with Crippen molar-refractivity contribution in [2.75, 3.05) is 19.0 Å². The van der Waals surface area contributed by atoms with Crippen LogP contribution in [0, 0.1) is 11.6 Å². The van der Waals surface area contributed by atoms with Crippen molar-refractivity contribution in [1.29, 1.82) is 0 Å². The third kappa shape index (κ3) is 4.67. The molecule has 0 saturated carbocycles. The third-order valence-corrected chi connectivity index (χ3v) is 6.18. The summed E-state index contributed by atoms with van der Waals surface area (Å²) in [5.74, 6) is -0.902. The first kappa shape index (κ1) is 24.5. The maximum atomic E-state index is 15.2. The molecule has 2 aromatic heterocycles. The molecule has 1 N–H and O–H groups in total. The summed E-state index contributed by atoms with van der Waals surface area (Å²) in [4.78, 5) is 22.7. The van der Waals surface area contributed by atoms with Crippen LogP contribution in [-0.2, 0) is 12.2 Å². The van der Waals surface area contributed by atoms with Crippen molar-refractivity contribution in [2.45, 2.75) is 46.0 Å². The van der Waals surface area contributed by atoms with E-state index in [-0.39, 0.29) is 34.2 Å². The first-order chi connectivity index (χ1) is 16.5. The number of aromatic nitrogens is 2. The molecule has 0 aliphatic carbocycles. The quantitative estimate of drug-likeness (QED) is 0.460. The first-order valence-corrected chi connectivity index (χ1v) is 11.3. The van der Waals surface area contributed by atoms with Crippen molar-refractivity contribution in [3.8, 4) is 17.1 Å². The maximum absolute atomic E-state index is 15.2. The number of carbonyl (C=O) groups is 1. The lowest BCUT2D eigenvalue weighted by molar-refractivity contribution is 0.0787. The Bertz CT molecular complexity index is 1290. The number of nitrogens with one attached hydrogen (secondary N) is 1. The Balaban J connectivity index is 1.67. The lowest BCUT2D eigenvalue weighted by Crippen LogP contribution is -2.22. The molecule has 0 saturated heterocycles. The van der Waals surface area contributed by atoms with Crippen LogP contribution in [0.4, 0.5) is 19.0 Å². The monoisotopic (exact) mass is 484 g/mol. The van der Waals surface area contributed by atoms with Gasteiger partial charge in [0.15, 0.2) is 0 Å². The van der Waals surface area contributed by atoms with E-state index in [1.807, 2.05) is 6.92 Å². The molecule has 1 aliphatic heterocycles. The largest absolute Gasteiger partial charge is 0.481 e. The van der Waals surface area contributed by atoms with E-state index in [9.17, 15) is 9.18 Å². The predicted octanol–water partition coefficient (Wildman–Crippen LogP) is 5.78. The summed E-state index contributed by atoms with van der Waals surface area (Å²) in [6, 6.07) is 5.96. The number of anilines is 1. The van der Waals surface area contributed by atoms with E-state index in [0.717, 1.165) is 17.7 Å². The highest BCUT2D eigenvalue weighted by Crippen LogP contribution is 2.35.